The Morgan fingerprint density at radius 1 is 1.31 bits per heavy atom. The van der Waals surface area contributed by atoms with Crippen molar-refractivity contribution in [2.24, 2.45) is 5.92 Å². The van der Waals surface area contributed by atoms with E-state index in [0.717, 1.165) is 51.9 Å². The molecule has 1 aliphatic heterocycles. The monoisotopic (exact) mass is 412 g/mol. The number of hydrogen-bond donors (Lipinski definition) is 1. The highest BCUT2D eigenvalue weighted by molar-refractivity contribution is 7.21. The lowest BCUT2D eigenvalue weighted by Crippen LogP contribution is -2.43. The van der Waals surface area contributed by atoms with Gasteiger partial charge in [-0.15, -0.1) is 0 Å². The van der Waals surface area contributed by atoms with Gasteiger partial charge in [0.2, 0.25) is 5.91 Å². The topological polar surface area (TPSA) is 76.6 Å². The van der Waals surface area contributed by atoms with E-state index in [9.17, 15) is 4.79 Å². The molecule has 1 fully saturated rings. The molecule has 0 spiro atoms. The standard InChI is InChI=1S/C21H24N4O3S/c1-27-16-7-8-18(28-2)15(11-16)12-23-19(26)14-5-4-10-25(13-14)21-24-17-6-3-9-22-20(17)29-21/h3,6-9,11,14H,4-5,10,12-13H2,1-2H3,(H,23,26)/t14-/m1/s1. The third kappa shape index (κ3) is 4.27. The second kappa shape index (κ2) is 8.65. The summed E-state index contributed by atoms with van der Waals surface area (Å²) in [5.74, 6) is 1.46. The van der Waals surface area contributed by atoms with Crippen molar-refractivity contribution in [1.29, 1.82) is 0 Å². The third-order valence-corrected chi connectivity index (χ3v) is 6.20. The van der Waals surface area contributed by atoms with E-state index in [1.54, 1.807) is 31.8 Å². The number of thiazole rings is 1. The smallest absolute Gasteiger partial charge is 0.225 e. The van der Waals surface area contributed by atoms with Crippen LogP contribution in [0.3, 0.4) is 0 Å². The Morgan fingerprint density at radius 3 is 3.00 bits per heavy atom. The summed E-state index contributed by atoms with van der Waals surface area (Å²) < 4.78 is 10.7. The molecule has 0 saturated carbocycles. The van der Waals surface area contributed by atoms with Crippen LogP contribution in [0.15, 0.2) is 36.5 Å². The van der Waals surface area contributed by atoms with Gasteiger partial charge < -0.3 is 19.7 Å². The number of benzene rings is 1. The number of carbonyl (C=O) groups is 1. The van der Waals surface area contributed by atoms with Crippen molar-refractivity contribution < 1.29 is 14.3 Å². The van der Waals surface area contributed by atoms with E-state index in [1.165, 1.54) is 0 Å². The quantitative estimate of drug-likeness (QED) is 0.670. The minimum atomic E-state index is -0.0691. The first-order valence-corrected chi connectivity index (χ1v) is 10.4. The highest BCUT2D eigenvalue weighted by Crippen LogP contribution is 2.30. The Kier molecular flexibility index (Phi) is 5.80. The van der Waals surface area contributed by atoms with Crippen molar-refractivity contribution in [3.05, 3.63) is 42.1 Å². The molecule has 4 rings (SSSR count). The molecule has 1 amide bonds. The summed E-state index contributed by atoms with van der Waals surface area (Å²) in [6, 6.07) is 9.45. The van der Waals surface area contributed by atoms with Crippen molar-refractivity contribution in [2.45, 2.75) is 19.4 Å². The lowest BCUT2D eigenvalue weighted by atomic mass is 9.97. The molecule has 3 aromatic rings. The molecular formula is C21H24N4O3S. The van der Waals surface area contributed by atoms with Gasteiger partial charge in [0.15, 0.2) is 5.13 Å². The van der Waals surface area contributed by atoms with Crippen LogP contribution in [-0.4, -0.2) is 43.2 Å². The molecule has 1 aromatic carbocycles. The molecule has 1 N–H and O–H groups in total. The number of rotatable bonds is 6. The molecule has 0 aliphatic carbocycles. The van der Waals surface area contributed by atoms with E-state index in [0.29, 0.717) is 13.1 Å². The number of nitrogens with zero attached hydrogens (tertiary/aromatic N) is 3. The fraction of sp³-hybridized carbons (Fsp3) is 0.381. The second-order valence-electron chi connectivity index (χ2n) is 7.00. The number of pyridine rings is 1. The summed E-state index contributed by atoms with van der Waals surface area (Å²) in [6.07, 6.45) is 3.62. The molecule has 1 atom stereocenters. The van der Waals surface area contributed by atoms with E-state index in [4.69, 9.17) is 9.47 Å². The van der Waals surface area contributed by atoms with Crippen LogP contribution in [0, 0.1) is 5.92 Å². The van der Waals surface area contributed by atoms with Crippen molar-refractivity contribution in [3.8, 4) is 11.5 Å². The highest BCUT2D eigenvalue weighted by atomic mass is 32.1. The molecule has 0 radical (unpaired) electrons. The van der Waals surface area contributed by atoms with Gasteiger partial charge in [-0.3, -0.25) is 4.79 Å². The molecule has 3 heterocycles. The minimum Gasteiger partial charge on any atom is -0.497 e. The van der Waals surface area contributed by atoms with E-state index in [-0.39, 0.29) is 11.8 Å². The number of ether oxygens (including phenoxy) is 2. The number of anilines is 1. The second-order valence-corrected chi connectivity index (χ2v) is 7.96. The summed E-state index contributed by atoms with van der Waals surface area (Å²) >= 11 is 1.58. The zero-order valence-corrected chi connectivity index (χ0v) is 17.4. The van der Waals surface area contributed by atoms with Crippen molar-refractivity contribution >= 4 is 32.7 Å². The number of hydrogen-bond acceptors (Lipinski definition) is 7. The van der Waals surface area contributed by atoms with Gasteiger partial charge in [-0.05, 0) is 43.2 Å². The first-order chi connectivity index (χ1) is 14.2. The Hall–Kier alpha value is -2.87. The fourth-order valence-corrected chi connectivity index (χ4v) is 4.55. The van der Waals surface area contributed by atoms with Gasteiger partial charge in [-0.1, -0.05) is 11.3 Å². The number of fused-ring (bicyclic) bond motifs is 1. The van der Waals surface area contributed by atoms with Gasteiger partial charge in [-0.2, -0.15) is 0 Å². The van der Waals surface area contributed by atoms with Gasteiger partial charge in [0.05, 0.1) is 20.1 Å². The number of aromatic nitrogens is 2. The van der Waals surface area contributed by atoms with Gasteiger partial charge in [0.1, 0.15) is 21.8 Å². The molecule has 152 valence electrons. The minimum absolute atomic E-state index is 0.0545. The van der Waals surface area contributed by atoms with Gasteiger partial charge >= 0.3 is 0 Å². The van der Waals surface area contributed by atoms with Gasteiger partial charge in [0, 0.05) is 31.4 Å². The lowest BCUT2D eigenvalue weighted by molar-refractivity contribution is -0.125. The van der Waals surface area contributed by atoms with E-state index in [2.05, 4.69) is 20.2 Å². The van der Waals surface area contributed by atoms with E-state index >= 15 is 0 Å². The molecule has 8 heteroatoms. The van der Waals surface area contributed by atoms with Crippen LogP contribution >= 0.6 is 11.3 Å². The van der Waals surface area contributed by atoms with E-state index in [1.807, 2.05) is 30.3 Å². The summed E-state index contributed by atoms with van der Waals surface area (Å²) in [5, 5.41) is 4.00. The van der Waals surface area contributed by atoms with Crippen molar-refractivity contribution in [1.82, 2.24) is 15.3 Å². The van der Waals surface area contributed by atoms with Crippen molar-refractivity contribution in [3.63, 3.8) is 0 Å². The average molecular weight is 413 g/mol. The number of piperidine rings is 1. The predicted molar refractivity (Wildman–Crippen MR) is 114 cm³/mol. The summed E-state index contributed by atoms with van der Waals surface area (Å²) in [5.41, 5.74) is 1.80. The number of amides is 1. The zero-order chi connectivity index (χ0) is 20.2. The number of methoxy groups -OCH3 is 2. The predicted octanol–water partition coefficient (Wildman–Crippen LogP) is 3.24. The molecule has 7 nitrogen and oxygen atoms in total. The Balaban J connectivity index is 1.41. The normalized spacial score (nSPS) is 16.6. The molecule has 1 saturated heterocycles. The molecule has 0 unspecified atom stereocenters. The van der Waals surface area contributed by atoms with E-state index < -0.39 is 0 Å². The fourth-order valence-electron chi connectivity index (χ4n) is 3.61. The maximum Gasteiger partial charge on any atom is 0.225 e. The first kappa shape index (κ1) is 19.4. The molecule has 29 heavy (non-hydrogen) atoms. The van der Waals surface area contributed by atoms with Gasteiger partial charge in [-0.25, -0.2) is 9.97 Å². The summed E-state index contributed by atoms with van der Waals surface area (Å²) in [7, 11) is 3.25. The molecule has 2 aromatic heterocycles. The SMILES string of the molecule is COc1ccc(OC)c(CNC(=O)[C@@H]2CCCN(c3nc4cccnc4s3)C2)c1. The molecular weight excluding hydrogens is 388 g/mol. The number of carbonyl (C=O) groups excluding carboxylic acids is 1. The maximum atomic E-state index is 12.8. The van der Waals surface area contributed by atoms with Crippen LogP contribution in [-0.2, 0) is 11.3 Å². The van der Waals surface area contributed by atoms with Crippen LogP contribution in [0.5, 0.6) is 11.5 Å². The Bertz CT molecular complexity index is 974. The van der Waals surface area contributed by atoms with Crippen LogP contribution in [0.4, 0.5) is 5.13 Å². The average Bonchev–Trinajstić information content (AvgIpc) is 3.21. The van der Waals surface area contributed by atoms with Crippen LogP contribution in [0.2, 0.25) is 0 Å². The Morgan fingerprint density at radius 2 is 2.21 bits per heavy atom. The maximum absolute atomic E-state index is 12.8. The lowest BCUT2D eigenvalue weighted by Gasteiger charge is -2.31. The zero-order valence-electron chi connectivity index (χ0n) is 16.6. The van der Waals surface area contributed by atoms with Crippen LogP contribution < -0.4 is 19.7 Å². The largest absolute Gasteiger partial charge is 0.497 e. The summed E-state index contributed by atoms with van der Waals surface area (Å²) in [4.78, 5) is 25.0. The summed E-state index contributed by atoms with van der Waals surface area (Å²) in [6.45, 7) is 1.98. The first-order valence-electron chi connectivity index (χ1n) is 9.63. The molecule has 0 bridgehead atoms. The van der Waals surface area contributed by atoms with Crippen LogP contribution in [0.1, 0.15) is 18.4 Å². The molecule has 1 aliphatic rings. The Labute approximate surface area is 173 Å². The third-order valence-electron chi connectivity index (χ3n) is 5.16. The van der Waals surface area contributed by atoms with Crippen LogP contribution in [0.25, 0.3) is 10.3 Å². The number of nitrogens with one attached hydrogen (secondary N) is 1. The highest BCUT2D eigenvalue weighted by Gasteiger charge is 2.27. The van der Waals surface area contributed by atoms with Crippen molar-refractivity contribution in [2.75, 3.05) is 32.2 Å². The van der Waals surface area contributed by atoms with Gasteiger partial charge in [0.25, 0.3) is 0 Å².